The highest BCUT2D eigenvalue weighted by Gasteiger charge is 2.35. The standard InChI is InChI=1S/C42H32N6O14S2/c49-33(50)15-5-21-1-7-25(8-2-21)45-47-35-31(63(57,58)59)19-23-17-27(11-13-29(23)39(35)53)43-37-38(42(56)41(37)55)44-28-12-14-30-24(18-28)20-32(64(60,61)62)36(40(30)54)48-46-26-9-3-22(4-10-26)6-16-34(51)52/h1-4,7-14,17-20,43-46H,5-6,15-16H2,(H,49,50)(H,51,52)(H,57,58,59)(H,60,61,62)/b47-35-,48-36-. The molecule has 0 aromatic heterocycles. The number of Topliss-reactive ketones (excluding diaryl/α,β-unsaturated/α-hetero) is 2. The second-order valence-corrected chi connectivity index (χ2v) is 17.0. The molecular weight excluding hydrogens is 877 g/mol. The average Bonchev–Trinajstić information content (AvgIpc) is 3.25. The van der Waals surface area contributed by atoms with E-state index in [0.29, 0.717) is 22.5 Å². The number of benzene rings is 4. The summed E-state index contributed by atoms with van der Waals surface area (Å²) in [5.74, 6) is -3.71. The largest absolute Gasteiger partial charge is 0.481 e. The van der Waals surface area contributed by atoms with Crippen LogP contribution in [0.3, 0.4) is 0 Å². The second-order valence-electron chi connectivity index (χ2n) is 14.2. The van der Waals surface area contributed by atoms with E-state index in [2.05, 4.69) is 31.7 Å². The van der Waals surface area contributed by atoms with Crippen LogP contribution in [0.25, 0.3) is 12.2 Å². The number of aryl methyl sites for hydroxylation is 2. The van der Waals surface area contributed by atoms with Crippen LogP contribution in [0, 0.1) is 0 Å². The van der Waals surface area contributed by atoms with Crippen LogP contribution in [0.15, 0.2) is 115 Å². The summed E-state index contributed by atoms with van der Waals surface area (Å²) in [6.07, 6.45) is 2.33. The van der Waals surface area contributed by atoms with Gasteiger partial charge in [-0.1, -0.05) is 24.3 Å². The molecule has 2 aliphatic rings. The van der Waals surface area contributed by atoms with Crippen LogP contribution in [0.5, 0.6) is 0 Å². The van der Waals surface area contributed by atoms with Crippen molar-refractivity contribution < 1.29 is 55.3 Å². The molecule has 326 valence electrons. The number of nitrogens with zero attached hydrogens (tertiary/aromatic N) is 2. The molecule has 7 rings (SSSR count). The van der Waals surface area contributed by atoms with Gasteiger partial charge in [-0.25, -0.2) is 0 Å². The second kappa shape index (κ2) is 17.5. The third-order valence-corrected chi connectivity index (χ3v) is 11.6. The fraction of sp³-hybridized carbons (Fsp3) is 0.0952. The highest BCUT2D eigenvalue weighted by atomic mass is 32.2. The van der Waals surface area contributed by atoms with Gasteiger partial charge in [-0.05, 0) is 108 Å². The summed E-state index contributed by atoms with van der Waals surface area (Å²) in [5, 5.41) is 31.2. The molecule has 64 heavy (non-hydrogen) atoms. The summed E-state index contributed by atoms with van der Waals surface area (Å²) in [7, 11) is -10.1. The van der Waals surface area contributed by atoms with Crippen molar-refractivity contribution in [2.45, 2.75) is 25.7 Å². The Kier molecular flexibility index (Phi) is 12.0. The average molecular weight is 909 g/mol. The Balaban J connectivity index is 1.10. The Labute approximate surface area is 361 Å². The highest BCUT2D eigenvalue weighted by molar-refractivity contribution is 7.91. The van der Waals surface area contributed by atoms with E-state index in [1.54, 1.807) is 24.3 Å². The first-order valence-electron chi connectivity index (χ1n) is 18.7. The number of anilines is 6. The highest BCUT2D eigenvalue weighted by Crippen LogP contribution is 2.33. The zero-order chi connectivity index (χ0) is 46.1. The number of aliphatic carboxylic acids is 2. The minimum absolute atomic E-state index is 0.00217. The number of carboxylic acids is 2. The molecular formula is C42H32N6O14S2. The molecule has 0 bridgehead atoms. The number of rotatable bonds is 16. The van der Waals surface area contributed by atoms with Gasteiger partial charge in [0.1, 0.15) is 21.2 Å². The molecule has 0 amide bonds. The molecule has 0 unspecified atom stereocenters. The zero-order valence-electron chi connectivity index (χ0n) is 32.6. The van der Waals surface area contributed by atoms with Gasteiger partial charge >= 0.3 is 11.9 Å². The normalized spacial score (nSPS) is 15.0. The number of hydrogen-bond acceptors (Lipinski definition) is 16. The zero-order valence-corrected chi connectivity index (χ0v) is 34.3. The summed E-state index contributed by atoms with van der Waals surface area (Å²) < 4.78 is 69.9. The number of allylic oxidation sites excluding steroid dienone is 2. The molecule has 0 saturated carbocycles. The molecule has 8 N–H and O–H groups in total. The van der Waals surface area contributed by atoms with E-state index in [-0.39, 0.29) is 70.7 Å². The number of carbonyl (C=O) groups is 4. The lowest BCUT2D eigenvalue weighted by molar-refractivity contribution is -0.138. The molecule has 0 radical (unpaired) electrons. The molecule has 22 heteroatoms. The molecule has 5 aromatic rings. The Bertz CT molecular complexity index is 3020. The maximum absolute atomic E-state index is 13.5. The van der Waals surface area contributed by atoms with E-state index in [9.17, 15) is 54.7 Å². The van der Waals surface area contributed by atoms with Gasteiger partial charge in [-0.15, -0.1) is 0 Å². The number of carboxylic acid groups (broad SMARTS) is 2. The first-order chi connectivity index (χ1) is 30.3. The van der Waals surface area contributed by atoms with Gasteiger partial charge in [0.25, 0.3) is 31.1 Å². The predicted octanol–water partition coefficient (Wildman–Crippen LogP) is 4.59. The molecule has 0 spiro atoms. The van der Waals surface area contributed by atoms with Crippen LogP contribution in [-0.4, -0.2) is 71.1 Å². The Morgan fingerprint density at radius 3 is 1.19 bits per heavy atom. The number of carbonyl (C=O) groups excluding carboxylic acids is 2. The first kappa shape index (κ1) is 44.1. The number of ketones is 2. The van der Waals surface area contributed by atoms with Gasteiger partial charge in [-0.2, -0.15) is 27.0 Å². The van der Waals surface area contributed by atoms with E-state index in [0.717, 1.165) is 12.2 Å². The monoisotopic (exact) mass is 908 g/mol. The van der Waals surface area contributed by atoms with Crippen molar-refractivity contribution in [3.05, 3.63) is 149 Å². The summed E-state index contributed by atoms with van der Waals surface area (Å²) >= 11 is 0. The van der Waals surface area contributed by atoms with Crippen LogP contribution in [0.4, 0.5) is 34.1 Å². The van der Waals surface area contributed by atoms with E-state index in [1.807, 2.05) is 0 Å². The van der Waals surface area contributed by atoms with Crippen LogP contribution in [0.1, 0.15) is 55.8 Å². The van der Waals surface area contributed by atoms with Crippen LogP contribution < -0.4 is 32.3 Å². The van der Waals surface area contributed by atoms with Crippen molar-refractivity contribution in [2.75, 3.05) is 21.5 Å². The third-order valence-electron chi connectivity index (χ3n) is 9.82. The smallest absolute Gasteiger partial charge is 0.303 e. The van der Waals surface area contributed by atoms with Gasteiger partial charge in [0.15, 0.2) is 11.4 Å². The van der Waals surface area contributed by atoms with Crippen LogP contribution in [-0.2, 0) is 42.7 Å². The maximum Gasteiger partial charge on any atom is 0.303 e. The summed E-state index contributed by atoms with van der Waals surface area (Å²) in [4.78, 5) is 72.7. The lowest BCUT2D eigenvalue weighted by atomic mass is 9.94. The Hall–Kier alpha value is -7.92. The van der Waals surface area contributed by atoms with E-state index >= 15 is 0 Å². The summed E-state index contributed by atoms with van der Waals surface area (Å²) in [6.45, 7) is 0. The van der Waals surface area contributed by atoms with Crippen molar-refractivity contribution in [3.63, 3.8) is 0 Å². The van der Waals surface area contributed by atoms with Gasteiger partial charge in [0.05, 0.1) is 11.4 Å². The minimum Gasteiger partial charge on any atom is -0.481 e. The Morgan fingerprint density at radius 1 is 0.516 bits per heavy atom. The van der Waals surface area contributed by atoms with Gasteiger partial charge in [0.2, 0.25) is 11.6 Å². The molecule has 2 aliphatic carbocycles. The summed E-state index contributed by atoms with van der Waals surface area (Å²) in [6, 6.07) is 20.5. The quantitative estimate of drug-likeness (QED) is 0.0381. The summed E-state index contributed by atoms with van der Waals surface area (Å²) in [5.41, 5.74) is 3.69. The number of fused-ring (bicyclic) bond motifs is 2. The lowest BCUT2D eigenvalue weighted by Crippen LogP contribution is -2.36. The van der Waals surface area contributed by atoms with Crippen molar-refractivity contribution in [3.8, 4) is 0 Å². The van der Waals surface area contributed by atoms with Gasteiger partial charge in [0, 0.05) is 35.3 Å². The predicted molar refractivity (Wildman–Crippen MR) is 235 cm³/mol. The number of nitrogens with one attached hydrogen (secondary N) is 4. The fourth-order valence-corrected chi connectivity index (χ4v) is 7.91. The van der Waals surface area contributed by atoms with Gasteiger partial charge in [-0.3, -0.25) is 48.7 Å². The van der Waals surface area contributed by atoms with Crippen molar-refractivity contribution in [2.24, 2.45) is 10.2 Å². The lowest BCUT2D eigenvalue weighted by Gasteiger charge is -2.20. The molecule has 0 heterocycles. The number of hydrogen-bond donors (Lipinski definition) is 8. The minimum atomic E-state index is -5.03. The first-order valence-corrected chi connectivity index (χ1v) is 21.6. The van der Waals surface area contributed by atoms with E-state index < -0.39 is 75.8 Å². The van der Waals surface area contributed by atoms with Gasteiger partial charge < -0.3 is 20.8 Å². The molecule has 5 aromatic carbocycles. The number of hydrazone groups is 2. The topological polar surface area (TPSA) is 324 Å². The van der Waals surface area contributed by atoms with E-state index in [4.69, 9.17) is 10.2 Å². The molecule has 0 saturated heterocycles. The third kappa shape index (κ3) is 9.59. The fourth-order valence-electron chi connectivity index (χ4n) is 6.59. The molecule has 0 fully saturated rings. The SMILES string of the molecule is O=C(O)CCc1ccc(N/N=C2\C(=O)c3ccc(Nc4c(Nc5ccc6c(c5)C=C(S(=O)(=O)O)/C(=N/Nc5ccc(CCC(=O)O)cc5)C6=O)c(=O)c4=O)cc3C=C2S(=O)(=O)O)cc1. The molecule has 20 nitrogen and oxygen atoms in total. The van der Waals surface area contributed by atoms with Crippen molar-refractivity contribution >= 4 is 101 Å². The Morgan fingerprint density at radius 2 is 0.859 bits per heavy atom. The maximum atomic E-state index is 13.5. The van der Waals surface area contributed by atoms with Crippen molar-refractivity contribution in [1.29, 1.82) is 0 Å². The van der Waals surface area contributed by atoms with E-state index in [1.165, 1.54) is 60.7 Å². The van der Waals surface area contributed by atoms with Crippen LogP contribution >= 0.6 is 0 Å². The molecule has 0 atom stereocenters. The van der Waals surface area contributed by atoms with Crippen molar-refractivity contribution in [1.82, 2.24) is 0 Å². The molecule has 0 aliphatic heterocycles. The van der Waals surface area contributed by atoms with Crippen LogP contribution in [0.2, 0.25) is 0 Å².